The number of carbonyl (C=O) groups is 2. The van der Waals surface area contributed by atoms with Gasteiger partial charge in [0.2, 0.25) is 17.3 Å². The first kappa shape index (κ1) is 24.1. The van der Waals surface area contributed by atoms with Crippen molar-refractivity contribution >= 4 is 33.6 Å². The number of benzene rings is 2. The summed E-state index contributed by atoms with van der Waals surface area (Å²) in [6.07, 6.45) is 6.19. The highest BCUT2D eigenvalue weighted by atomic mass is 16.4. The Morgan fingerprint density at radius 1 is 1.00 bits per heavy atom. The molecule has 1 unspecified atom stereocenters. The van der Waals surface area contributed by atoms with Crippen LogP contribution in [0.3, 0.4) is 0 Å². The van der Waals surface area contributed by atoms with E-state index in [2.05, 4.69) is 9.97 Å². The summed E-state index contributed by atoms with van der Waals surface area (Å²) in [7, 11) is 0. The molecule has 0 aliphatic rings. The molecule has 3 heterocycles. The molecule has 0 saturated heterocycles. The van der Waals surface area contributed by atoms with Crippen LogP contribution >= 0.6 is 0 Å². The lowest BCUT2D eigenvalue weighted by Gasteiger charge is -2.06. The predicted octanol–water partition coefficient (Wildman–Crippen LogP) is 4.69. The van der Waals surface area contributed by atoms with E-state index in [4.69, 9.17) is 9.52 Å². The van der Waals surface area contributed by atoms with Gasteiger partial charge in [-0.1, -0.05) is 48.6 Å². The number of aromatic hydroxyl groups is 1. The number of aromatic carboxylic acids is 1. The second-order valence-electron chi connectivity index (χ2n) is 8.67. The number of carboxylic acid groups (broad SMARTS) is 1. The first-order chi connectivity index (χ1) is 17.8. The van der Waals surface area contributed by atoms with Gasteiger partial charge in [0.05, 0.1) is 29.4 Å². The highest BCUT2D eigenvalue weighted by molar-refractivity contribution is 6.18. The van der Waals surface area contributed by atoms with E-state index < -0.39 is 35.1 Å². The van der Waals surface area contributed by atoms with Crippen LogP contribution in [0.5, 0.6) is 5.75 Å². The van der Waals surface area contributed by atoms with Gasteiger partial charge in [0.1, 0.15) is 0 Å². The summed E-state index contributed by atoms with van der Waals surface area (Å²) < 4.78 is 5.49. The molecule has 0 spiro atoms. The fraction of sp³-hybridized carbons (Fsp3) is 0.143. The van der Waals surface area contributed by atoms with Gasteiger partial charge < -0.3 is 34.8 Å². The summed E-state index contributed by atoms with van der Waals surface area (Å²) in [6.45, 7) is 1.53. The molecule has 9 heteroatoms. The summed E-state index contributed by atoms with van der Waals surface area (Å²) in [4.78, 5) is 31.7. The second-order valence-corrected chi connectivity index (χ2v) is 8.67. The average Bonchev–Trinajstić information content (AvgIpc) is 3.58. The zero-order valence-corrected chi connectivity index (χ0v) is 19.8. The standard InChI is InChI=1S/C28H24N2O7/c1-14(32)16-8-5-10-17-19(12-30-23(16)17)21-25(34)27(37-26(21)28(35)36)24(33)20-13-29-22-15(6-2-3-11-31)7-4-9-18(20)22/h2-5,7-10,12-14,29-32,34H,6,11H2,1H3,(H,35,36). The van der Waals surface area contributed by atoms with Gasteiger partial charge in [-0.3, -0.25) is 4.79 Å². The van der Waals surface area contributed by atoms with E-state index in [9.17, 15) is 24.9 Å². The third kappa shape index (κ3) is 4.00. The van der Waals surface area contributed by atoms with Crippen LogP contribution in [0.15, 0.2) is 65.4 Å². The Labute approximate surface area is 210 Å². The molecule has 0 aliphatic heterocycles. The summed E-state index contributed by atoms with van der Waals surface area (Å²) in [5.41, 5.74) is 3.20. The van der Waals surface area contributed by atoms with Gasteiger partial charge >= 0.3 is 5.97 Å². The van der Waals surface area contributed by atoms with Gasteiger partial charge in [0, 0.05) is 39.8 Å². The summed E-state index contributed by atoms with van der Waals surface area (Å²) in [5, 5.41) is 41.2. The van der Waals surface area contributed by atoms with Crippen LogP contribution in [0.1, 0.15) is 50.8 Å². The maximum Gasteiger partial charge on any atom is 0.372 e. The van der Waals surface area contributed by atoms with Gasteiger partial charge in [-0.2, -0.15) is 0 Å². The van der Waals surface area contributed by atoms with Crippen molar-refractivity contribution in [3.05, 3.63) is 89.2 Å². The summed E-state index contributed by atoms with van der Waals surface area (Å²) in [6, 6.07) is 10.6. The highest BCUT2D eigenvalue weighted by Gasteiger charge is 2.32. The number of H-pyrrole nitrogens is 2. The second kappa shape index (κ2) is 9.45. The average molecular weight is 501 g/mol. The smallest absolute Gasteiger partial charge is 0.372 e. The third-order valence-electron chi connectivity index (χ3n) is 6.41. The molecular weight excluding hydrogens is 476 g/mol. The zero-order chi connectivity index (χ0) is 26.3. The number of aliphatic hydroxyl groups is 2. The number of aliphatic hydroxyl groups excluding tert-OH is 2. The first-order valence-electron chi connectivity index (χ1n) is 11.6. The number of rotatable bonds is 8. The normalized spacial score (nSPS) is 12.6. The fourth-order valence-electron chi connectivity index (χ4n) is 4.69. The number of furan rings is 1. The van der Waals surface area contributed by atoms with Crippen molar-refractivity contribution in [2.24, 2.45) is 0 Å². The third-order valence-corrected chi connectivity index (χ3v) is 6.41. The number of hydrogen-bond acceptors (Lipinski definition) is 6. The molecular formula is C28H24N2O7. The Morgan fingerprint density at radius 2 is 1.73 bits per heavy atom. The molecule has 0 saturated carbocycles. The van der Waals surface area contributed by atoms with Crippen LogP contribution in [0.4, 0.5) is 0 Å². The first-order valence-corrected chi connectivity index (χ1v) is 11.6. The molecule has 5 aromatic rings. The lowest BCUT2D eigenvalue weighted by Crippen LogP contribution is -1.99. The number of carbonyl (C=O) groups excluding carboxylic acids is 1. The van der Waals surface area contributed by atoms with E-state index in [1.807, 2.05) is 12.1 Å². The predicted molar refractivity (Wildman–Crippen MR) is 137 cm³/mol. The van der Waals surface area contributed by atoms with E-state index in [0.29, 0.717) is 39.4 Å². The summed E-state index contributed by atoms with van der Waals surface area (Å²) in [5.74, 6) is -3.76. The number of aromatic nitrogens is 2. The van der Waals surface area contributed by atoms with Crippen molar-refractivity contribution < 1.29 is 34.4 Å². The SMILES string of the molecule is CC(O)c1cccc2c(-c3c(C(=O)O)oc(C(=O)c4c[nH]c5c(CC=CCO)cccc45)c3O)c[nH]c12. The van der Waals surface area contributed by atoms with Crippen LogP contribution in [0.25, 0.3) is 32.9 Å². The molecule has 37 heavy (non-hydrogen) atoms. The number of aromatic amines is 2. The zero-order valence-electron chi connectivity index (χ0n) is 19.8. The lowest BCUT2D eigenvalue weighted by atomic mass is 9.99. The largest absolute Gasteiger partial charge is 0.504 e. The van der Waals surface area contributed by atoms with Crippen LogP contribution in [0, 0.1) is 0 Å². The van der Waals surface area contributed by atoms with Crippen LogP contribution in [0.2, 0.25) is 0 Å². The Balaban J connectivity index is 1.64. The number of ketones is 1. The minimum Gasteiger partial charge on any atom is -0.504 e. The van der Waals surface area contributed by atoms with Gasteiger partial charge in [0.15, 0.2) is 5.75 Å². The maximum absolute atomic E-state index is 13.5. The molecule has 0 bridgehead atoms. The van der Waals surface area contributed by atoms with Gasteiger partial charge in [-0.25, -0.2) is 4.79 Å². The van der Waals surface area contributed by atoms with Crippen LogP contribution < -0.4 is 0 Å². The molecule has 0 aliphatic carbocycles. The highest BCUT2D eigenvalue weighted by Crippen LogP contribution is 2.43. The van der Waals surface area contributed by atoms with E-state index in [-0.39, 0.29) is 17.7 Å². The summed E-state index contributed by atoms with van der Waals surface area (Å²) >= 11 is 0. The van der Waals surface area contributed by atoms with Gasteiger partial charge in [-0.15, -0.1) is 0 Å². The minimum absolute atomic E-state index is 0.0762. The lowest BCUT2D eigenvalue weighted by molar-refractivity contribution is 0.0661. The Hall–Kier alpha value is -4.60. The molecule has 5 rings (SSSR count). The quantitative estimate of drug-likeness (QED) is 0.133. The topological polar surface area (TPSA) is 160 Å². The Kier molecular flexibility index (Phi) is 6.16. The number of nitrogens with one attached hydrogen (secondary N) is 2. The molecule has 0 radical (unpaired) electrons. The van der Waals surface area contributed by atoms with E-state index in [0.717, 1.165) is 5.56 Å². The van der Waals surface area contributed by atoms with Crippen molar-refractivity contribution in [2.45, 2.75) is 19.4 Å². The fourth-order valence-corrected chi connectivity index (χ4v) is 4.69. The van der Waals surface area contributed by atoms with E-state index in [1.165, 1.54) is 12.4 Å². The van der Waals surface area contributed by atoms with Crippen molar-refractivity contribution in [1.29, 1.82) is 0 Å². The van der Waals surface area contributed by atoms with E-state index >= 15 is 0 Å². The van der Waals surface area contributed by atoms with Crippen LogP contribution in [-0.2, 0) is 6.42 Å². The molecule has 0 fully saturated rings. The maximum atomic E-state index is 13.5. The van der Waals surface area contributed by atoms with Crippen LogP contribution in [-0.4, -0.2) is 48.8 Å². The Morgan fingerprint density at radius 3 is 2.46 bits per heavy atom. The number of fused-ring (bicyclic) bond motifs is 2. The molecule has 1 atom stereocenters. The number of allylic oxidation sites excluding steroid dienone is 1. The molecule has 188 valence electrons. The minimum atomic E-state index is -1.44. The van der Waals surface area contributed by atoms with Crippen molar-refractivity contribution in [3.8, 4) is 16.9 Å². The van der Waals surface area contributed by atoms with Gasteiger partial charge in [-0.05, 0) is 18.9 Å². The van der Waals surface area contributed by atoms with Crippen molar-refractivity contribution in [1.82, 2.24) is 9.97 Å². The number of para-hydroxylation sites is 2. The molecule has 0 amide bonds. The van der Waals surface area contributed by atoms with Crippen molar-refractivity contribution in [2.75, 3.05) is 6.61 Å². The molecule has 2 aromatic carbocycles. The number of carboxylic acids is 1. The molecule has 6 N–H and O–H groups in total. The van der Waals surface area contributed by atoms with Gasteiger partial charge in [0.25, 0.3) is 0 Å². The Bertz CT molecular complexity index is 1680. The van der Waals surface area contributed by atoms with E-state index in [1.54, 1.807) is 43.3 Å². The number of hydrogen-bond donors (Lipinski definition) is 6. The monoisotopic (exact) mass is 500 g/mol. The molecule has 3 aromatic heterocycles. The van der Waals surface area contributed by atoms with Crippen molar-refractivity contribution in [3.63, 3.8) is 0 Å². The molecule has 9 nitrogen and oxygen atoms in total.